The quantitative estimate of drug-likeness (QED) is 0.551. The summed E-state index contributed by atoms with van der Waals surface area (Å²) in [5.74, 6) is -0.465. The van der Waals surface area contributed by atoms with Gasteiger partial charge in [0.1, 0.15) is 5.00 Å². The van der Waals surface area contributed by atoms with Crippen LogP contribution in [0.5, 0.6) is 0 Å². The van der Waals surface area contributed by atoms with Gasteiger partial charge in [0, 0.05) is 24.3 Å². The first-order chi connectivity index (χ1) is 13.5. The van der Waals surface area contributed by atoms with Crippen LogP contribution >= 0.6 is 23.1 Å². The molecule has 1 aliphatic rings. The molecular weight excluding hydrogens is 394 g/mol. The van der Waals surface area contributed by atoms with Crippen molar-refractivity contribution in [2.24, 2.45) is 7.05 Å². The summed E-state index contributed by atoms with van der Waals surface area (Å²) in [5, 5.41) is 4.08. The van der Waals surface area contributed by atoms with Crippen molar-refractivity contribution < 1.29 is 14.3 Å². The number of ether oxygens (including phenoxy) is 1. The Balaban J connectivity index is 1.83. The summed E-state index contributed by atoms with van der Waals surface area (Å²) in [6.07, 6.45) is 9.97. The van der Waals surface area contributed by atoms with E-state index < -0.39 is 0 Å². The number of carbonyl (C=O) groups is 2. The Morgan fingerprint density at radius 1 is 1.32 bits per heavy atom. The van der Waals surface area contributed by atoms with Crippen LogP contribution in [0.4, 0.5) is 5.00 Å². The summed E-state index contributed by atoms with van der Waals surface area (Å²) in [5.41, 5.74) is 1.63. The van der Waals surface area contributed by atoms with Crippen LogP contribution in [0, 0.1) is 0 Å². The zero-order valence-electron chi connectivity index (χ0n) is 16.6. The van der Waals surface area contributed by atoms with Gasteiger partial charge in [-0.3, -0.25) is 4.79 Å². The predicted molar refractivity (Wildman–Crippen MR) is 113 cm³/mol. The minimum absolute atomic E-state index is 0.132. The standard InChI is InChI=1S/C20H27N3O3S2/c1-4-26-19(25)16-14-9-7-5-6-8-10-15(14)28-18(16)22-17(24)13(2)27-20-21-11-12-23(20)3/h11-13H,4-10H2,1-3H3,(H,22,24). The number of aromatic nitrogens is 2. The van der Waals surface area contributed by atoms with Gasteiger partial charge in [-0.05, 0) is 45.1 Å². The van der Waals surface area contributed by atoms with E-state index in [0.717, 1.165) is 36.4 Å². The summed E-state index contributed by atoms with van der Waals surface area (Å²) < 4.78 is 7.19. The lowest BCUT2D eigenvalue weighted by atomic mass is 9.96. The van der Waals surface area contributed by atoms with Crippen LogP contribution < -0.4 is 5.32 Å². The summed E-state index contributed by atoms with van der Waals surface area (Å²) in [6.45, 7) is 3.97. The van der Waals surface area contributed by atoms with Crippen LogP contribution in [0.15, 0.2) is 17.6 Å². The van der Waals surface area contributed by atoms with E-state index in [9.17, 15) is 9.59 Å². The third kappa shape index (κ3) is 4.78. The van der Waals surface area contributed by atoms with Gasteiger partial charge in [-0.1, -0.05) is 24.6 Å². The van der Waals surface area contributed by atoms with Crippen molar-refractivity contribution in [1.82, 2.24) is 9.55 Å². The van der Waals surface area contributed by atoms with Crippen LogP contribution in [0.1, 0.15) is 60.3 Å². The molecule has 1 aliphatic carbocycles. The molecule has 0 spiro atoms. The number of rotatable bonds is 6. The number of anilines is 1. The van der Waals surface area contributed by atoms with Crippen molar-refractivity contribution in [1.29, 1.82) is 0 Å². The molecule has 8 heteroatoms. The van der Waals surface area contributed by atoms with Gasteiger partial charge < -0.3 is 14.6 Å². The van der Waals surface area contributed by atoms with Crippen molar-refractivity contribution in [3.8, 4) is 0 Å². The van der Waals surface area contributed by atoms with Gasteiger partial charge in [0.05, 0.1) is 17.4 Å². The fraction of sp³-hybridized carbons (Fsp3) is 0.550. The Bertz CT molecular complexity index is 844. The molecule has 28 heavy (non-hydrogen) atoms. The molecule has 1 atom stereocenters. The Morgan fingerprint density at radius 3 is 2.75 bits per heavy atom. The number of nitrogens with zero attached hydrogens (tertiary/aromatic N) is 2. The number of hydrogen-bond donors (Lipinski definition) is 1. The molecule has 2 aromatic heterocycles. The number of nitrogens with one attached hydrogen (secondary N) is 1. The van der Waals surface area contributed by atoms with Crippen LogP contribution in [-0.2, 0) is 29.4 Å². The molecule has 0 aliphatic heterocycles. The van der Waals surface area contributed by atoms with Gasteiger partial charge in [0.15, 0.2) is 5.16 Å². The van der Waals surface area contributed by atoms with E-state index in [1.54, 1.807) is 13.1 Å². The molecule has 0 saturated heterocycles. The fourth-order valence-corrected chi connectivity index (χ4v) is 5.43. The second-order valence-corrected chi connectivity index (χ2v) is 9.33. The molecule has 0 radical (unpaired) electrons. The first kappa shape index (κ1) is 20.9. The molecule has 1 amide bonds. The van der Waals surface area contributed by atoms with Gasteiger partial charge in [-0.25, -0.2) is 9.78 Å². The number of carbonyl (C=O) groups excluding carboxylic acids is 2. The third-order valence-electron chi connectivity index (χ3n) is 4.82. The average Bonchev–Trinajstić information content (AvgIpc) is 3.18. The average molecular weight is 422 g/mol. The fourth-order valence-electron chi connectivity index (χ4n) is 3.32. The SMILES string of the molecule is CCOC(=O)c1c(NC(=O)C(C)Sc2nccn2C)sc2c1CCCCCC2. The number of imidazole rings is 1. The molecule has 3 rings (SSSR count). The molecule has 0 aromatic carbocycles. The van der Waals surface area contributed by atoms with Gasteiger partial charge in [-0.15, -0.1) is 11.3 Å². The van der Waals surface area contributed by atoms with Crippen molar-refractivity contribution in [2.75, 3.05) is 11.9 Å². The van der Waals surface area contributed by atoms with Crippen molar-refractivity contribution in [3.05, 3.63) is 28.4 Å². The largest absolute Gasteiger partial charge is 0.462 e. The maximum absolute atomic E-state index is 12.8. The summed E-state index contributed by atoms with van der Waals surface area (Å²) in [4.78, 5) is 31.0. The normalized spacial score (nSPS) is 15.2. The lowest BCUT2D eigenvalue weighted by Gasteiger charge is -2.13. The molecule has 1 unspecified atom stereocenters. The second-order valence-electron chi connectivity index (χ2n) is 6.91. The molecule has 0 saturated carbocycles. The van der Waals surface area contributed by atoms with Crippen LogP contribution in [-0.4, -0.2) is 33.3 Å². The van der Waals surface area contributed by atoms with E-state index in [0.29, 0.717) is 17.2 Å². The first-order valence-corrected chi connectivity index (χ1v) is 11.5. The highest BCUT2D eigenvalue weighted by Crippen LogP contribution is 2.38. The van der Waals surface area contributed by atoms with Gasteiger partial charge in [0.25, 0.3) is 0 Å². The van der Waals surface area contributed by atoms with E-state index in [4.69, 9.17) is 4.74 Å². The van der Waals surface area contributed by atoms with E-state index in [-0.39, 0.29) is 17.1 Å². The Hall–Kier alpha value is -1.80. The second kappa shape index (κ2) is 9.60. The summed E-state index contributed by atoms with van der Waals surface area (Å²) in [7, 11) is 1.90. The smallest absolute Gasteiger partial charge is 0.341 e. The Morgan fingerprint density at radius 2 is 2.07 bits per heavy atom. The van der Waals surface area contributed by atoms with Gasteiger partial charge in [-0.2, -0.15) is 0 Å². The van der Waals surface area contributed by atoms with E-state index >= 15 is 0 Å². The number of thioether (sulfide) groups is 1. The lowest BCUT2D eigenvalue weighted by molar-refractivity contribution is -0.115. The highest BCUT2D eigenvalue weighted by molar-refractivity contribution is 8.00. The predicted octanol–water partition coefficient (Wildman–Crippen LogP) is 4.44. The molecule has 2 aromatic rings. The van der Waals surface area contributed by atoms with Crippen molar-refractivity contribution >= 4 is 40.0 Å². The molecule has 2 heterocycles. The van der Waals surface area contributed by atoms with E-state index in [1.807, 2.05) is 24.7 Å². The summed E-state index contributed by atoms with van der Waals surface area (Å²) >= 11 is 2.93. The summed E-state index contributed by atoms with van der Waals surface area (Å²) in [6, 6.07) is 0. The highest BCUT2D eigenvalue weighted by atomic mass is 32.2. The zero-order valence-corrected chi connectivity index (χ0v) is 18.3. The topological polar surface area (TPSA) is 73.2 Å². The number of hydrogen-bond acceptors (Lipinski definition) is 6. The van der Waals surface area contributed by atoms with Crippen molar-refractivity contribution in [3.63, 3.8) is 0 Å². The minimum Gasteiger partial charge on any atom is -0.462 e. The zero-order chi connectivity index (χ0) is 20.1. The minimum atomic E-state index is -0.333. The molecule has 0 fully saturated rings. The number of amides is 1. The monoisotopic (exact) mass is 421 g/mol. The maximum Gasteiger partial charge on any atom is 0.341 e. The van der Waals surface area contributed by atoms with Crippen LogP contribution in [0.3, 0.4) is 0 Å². The Kier molecular flexibility index (Phi) is 7.18. The number of esters is 1. The maximum atomic E-state index is 12.8. The van der Waals surface area contributed by atoms with Crippen molar-refractivity contribution in [2.45, 2.75) is 62.8 Å². The van der Waals surface area contributed by atoms with E-state index in [2.05, 4.69) is 10.3 Å². The van der Waals surface area contributed by atoms with Crippen LogP contribution in [0.25, 0.3) is 0 Å². The molecule has 0 bridgehead atoms. The van der Waals surface area contributed by atoms with Gasteiger partial charge in [0.2, 0.25) is 5.91 Å². The molecular formula is C20H27N3O3S2. The van der Waals surface area contributed by atoms with E-state index in [1.165, 1.54) is 40.8 Å². The van der Waals surface area contributed by atoms with Gasteiger partial charge >= 0.3 is 5.97 Å². The number of fused-ring (bicyclic) bond motifs is 1. The number of aryl methyl sites for hydroxylation is 2. The number of thiophene rings is 1. The first-order valence-electron chi connectivity index (χ1n) is 9.77. The third-order valence-corrected chi connectivity index (χ3v) is 7.20. The highest BCUT2D eigenvalue weighted by Gasteiger charge is 2.27. The molecule has 6 nitrogen and oxygen atoms in total. The lowest BCUT2D eigenvalue weighted by Crippen LogP contribution is -2.23. The Labute approximate surface area is 174 Å². The molecule has 1 N–H and O–H groups in total. The molecule has 152 valence electrons. The van der Waals surface area contributed by atoms with Crippen LogP contribution in [0.2, 0.25) is 0 Å².